The van der Waals surface area contributed by atoms with Crippen LogP contribution in [0.5, 0.6) is 5.75 Å². The molecule has 0 fully saturated rings. The second-order valence-electron chi connectivity index (χ2n) is 6.66. The fourth-order valence-electron chi connectivity index (χ4n) is 2.79. The van der Waals surface area contributed by atoms with Crippen LogP contribution >= 0.6 is 0 Å². The quantitative estimate of drug-likeness (QED) is 0.448. The van der Waals surface area contributed by atoms with Gasteiger partial charge in [-0.1, -0.05) is 30.3 Å². The maximum atomic E-state index is 12.7. The molecule has 1 atom stereocenters. The van der Waals surface area contributed by atoms with Gasteiger partial charge in [0.15, 0.2) is 0 Å². The molecule has 0 radical (unpaired) electrons. The lowest BCUT2D eigenvalue weighted by Crippen LogP contribution is -2.44. The van der Waals surface area contributed by atoms with Crippen LogP contribution in [0.15, 0.2) is 54.6 Å². The smallest absolute Gasteiger partial charge is 0.251 e. The summed E-state index contributed by atoms with van der Waals surface area (Å²) in [5.41, 5.74) is 1.06. The molecular weight excluding hydrogens is 398 g/mol. The first kappa shape index (κ1) is 23.9. The molecule has 0 unspecified atom stereocenters. The third-order valence-electron chi connectivity index (χ3n) is 4.43. The highest BCUT2D eigenvalue weighted by atomic mass is 16.5. The van der Waals surface area contributed by atoms with Gasteiger partial charge in [-0.3, -0.25) is 14.4 Å². The standard InChI is InChI=1S/C23H29N3O5/c1-3-31-15-7-14-24-23(29)21(17-10-12-19(30-2)13-11-17)26-20(27)16-25-22(28)18-8-5-4-6-9-18/h4-6,8-13,21H,3,7,14-16H2,1-2H3,(H,24,29)(H,25,28)(H,26,27)/t21-/m1/s1. The van der Waals surface area contributed by atoms with E-state index < -0.39 is 11.9 Å². The molecule has 8 nitrogen and oxygen atoms in total. The molecule has 31 heavy (non-hydrogen) atoms. The molecule has 8 heteroatoms. The molecule has 3 amide bonds. The summed E-state index contributed by atoms with van der Waals surface area (Å²) < 4.78 is 10.4. The molecule has 0 aliphatic carbocycles. The maximum absolute atomic E-state index is 12.7. The van der Waals surface area contributed by atoms with Gasteiger partial charge in [-0.15, -0.1) is 0 Å². The third kappa shape index (κ3) is 8.10. The van der Waals surface area contributed by atoms with Crippen LogP contribution in [-0.4, -0.2) is 51.1 Å². The van der Waals surface area contributed by atoms with Crippen LogP contribution in [0.25, 0.3) is 0 Å². The highest BCUT2D eigenvalue weighted by molar-refractivity contribution is 5.97. The summed E-state index contributed by atoms with van der Waals surface area (Å²) in [4.78, 5) is 37.3. The first-order valence-corrected chi connectivity index (χ1v) is 10.2. The van der Waals surface area contributed by atoms with Crippen molar-refractivity contribution in [3.8, 4) is 5.75 Å². The minimum Gasteiger partial charge on any atom is -0.497 e. The van der Waals surface area contributed by atoms with E-state index in [1.165, 1.54) is 0 Å². The van der Waals surface area contributed by atoms with Gasteiger partial charge in [0.1, 0.15) is 11.8 Å². The van der Waals surface area contributed by atoms with Gasteiger partial charge in [-0.2, -0.15) is 0 Å². The van der Waals surface area contributed by atoms with Gasteiger partial charge in [0.05, 0.1) is 13.7 Å². The highest BCUT2D eigenvalue weighted by Gasteiger charge is 2.23. The van der Waals surface area contributed by atoms with E-state index in [2.05, 4.69) is 16.0 Å². The van der Waals surface area contributed by atoms with Crippen molar-refractivity contribution < 1.29 is 23.9 Å². The first-order valence-electron chi connectivity index (χ1n) is 10.2. The van der Waals surface area contributed by atoms with E-state index in [1.807, 2.05) is 6.92 Å². The van der Waals surface area contributed by atoms with Gasteiger partial charge in [-0.25, -0.2) is 0 Å². The summed E-state index contributed by atoms with van der Waals surface area (Å²) in [5.74, 6) is -0.544. The van der Waals surface area contributed by atoms with Gasteiger partial charge in [-0.05, 0) is 43.2 Å². The third-order valence-corrected chi connectivity index (χ3v) is 4.43. The lowest BCUT2D eigenvalue weighted by molar-refractivity contribution is -0.128. The molecule has 0 saturated carbocycles. The summed E-state index contributed by atoms with van der Waals surface area (Å²) >= 11 is 0. The largest absolute Gasteiger partial charge is 0.497 e. The Balaban J connectivity index is 1.98. The summed E-state index contributed by atoms with van der Waals surface area (Å²) in [5, 5.41) is 8.06. The average molecular weight is 428 g/mol. The van der Waals surface area contributed by atoms with Crippen molar-refractivity contribution in [2.24, 2.45) is 0 Å². The van der Waals surface area contributed by atoms with Gasteiger partial charge in [0.25, 0.3) is 5.91 Å². The fourth-order valence-corrected chi connectivity index (χ4v) is 2.79. The highest BCUT2D eigenvalue weighted by Crippen LogP contribution is 2.18. The maximum Gasteiger partial charge on any atom is 0.251 e. The number of ether oxygens (including phenoxy) is 2. The van der Waals surface area contributed by atoms with Crippen molar-refractivity contribution in [1.82, 2.24) is 16.0 Å². The van der Waals surface area contributed by atoms with Crippen LogP contribution in [0.3, 0.4) is 0 Å². The topological polar surface area (TPSA) is 106 Å². The summed E-state index contributed by atoms with van der Waals surface area (Å²) in [7, 11) is 1.55. The molecule has 2 rings (SSSR count). The Morgan fingerprint density at radius 1 is 0.968 bits per heavy atom. The molecule has 0 aliphatic heterocycles. The summed E-state index contributed by atoms with van der Waals surface area (Å²) in [6.45, 7) is 3.24. The predicted molar refractivity (Wildman–Crippen MR) is 117 cm³/mol. The lowest BCUT2D eigenvalue weighted by atomic mass is 10.1. The Morgan fingerprint density at radius 2 is 1.68 bits per heavy atom. The van der Waals surface area contributed by atoms with Crippen LogP contribution < -0.4 is 20.7 Å². The van der Waals surface area contributed by atoms with E-state index >= 15 is 0 Å². The van der Waals surface area contributed by atoms with Gasteiger partial charge in [0, 0.05) is 25.3 Å². The molecular formula is C23H29N3O5. The molecule has 0 spiro atoms. The molecule has 2 aromatic rings. The number of carbonyl (C=O) groups is 3. The first-order chi connectivity index (χ1) is 15.0. The monoisotopic (exact) mass is 427 g/mol. The molecule has 166 valence electrons. The van der Waals surface area contributed by atoms with E-state index in [-0.39, 0.29) is 18.4 Å². The van der Waals surface area contributed by atoms with Crippen molar-refractivity contribution in [2.75, 3.05) is 33.4 Å². The SMILES string of the molecule is CCOCCCNC(=O)[C@H](NC(=O)CNC(=O)c1ccccc1)c1ccc(OC)cc1. The van der Waals surface area contributed by atoms with E-state index in [9.17, 15) is 14.4 Å². The van der Waals surface area contributed by atoms with Gasteiger partial charge in [0.2, 0.25) is 11.8 Å². The van der Waals surface area contributed by atoms with Crippen LogP contribution in [-0.2, 0) is 14.3 Å². The normalized spacial score (nSPS) is 11.3. The van der Waals surface area contributed by atoms with Crippen LogP contribution in [0.1, 0.15) is 35.3 Å². The minimum atomic E-state index is -0.904. The number of carbonyl (C=O) groups excluding carboxylic acids is 3. The zero-order valence-corrected chi connectivity index (χ0v) is 17.9. The second-order valence-corrected chi connectivity index (χ2v) is 6.66. The Bertz CT molecular complexity index is 840. The number of hydrogen-bond acceptors (Lipinski definition) is 5. The van der Waals surface area contributed by atoms with Crippen LogP contribution in [0.4, 0.5) is 0 Å². The molecule has 0 heterocycles. The fraction of sp³-hybridized carbons (Fsp3) is 0.348. The molecule has 3 N–H and O–H groups in total. The Morgan fingerprint density at radius 3 is 2.32 bits per heavy atom. The van der Waals surface area contributed by atoms with Crippen molar-refractivity contribution in [2.45, 2.75) is 19.4 Å². The Kier molecular flexibility index (Phi) is 10.0. The summed E-state index contributed by atoms with van der Waals surface area (Å²) in [6.07, 6.45) is 0.663. The van der Waals surface area contributed by atoms with Gasteiger partial charge < -0.3 is 25.4 Å². The summed E-state index contributed by atoms with van der Waals surface area (Å²) in [6, 6.07) is 14.6. The number of benzene rings is 2. The molecule has 0 aromatic heterocycles. The van der Waals surface area contributed by atoms with Crippen molar-refractivity contribution in [3.05, 3.63) is 65.7 Å². The Labute approximate surface area is 182 Å². The number of nitrogens with one attached hydrogen (secondary N) is 3. The van der Waals surface area contributed by atoms with E-state index in [0.717, 1.165) is 0 Å². The van der Waals surface area contributed by atoms with E-state index in [0.29, 0.717) is 43.1 Å². The molecule has 0 saturated heterocycles. The molecule has 2 aromatic carbocycles. The zero-order chi connectivity index (χ0) is 22.5. The van der Waals surface area contributed by atoms with Crippen LogP contribution in [0.2, 0.25) is 0 Å². The van der Waals surface area contributed by atoms with Crippen LogP contribution in [0, 0.1) is 0 Å². The van der Waals surface area contributed by atoms with E-state index in [1.54, 1.807) is 61.7 Å². The zero-order valence-electron chi connectivity index (χ0n) is 17.9. The molecule has 0 bridgehead atoms. The van der Waals surface area contributed by atoms with E-state index in [4.69, 9.17) is 9.47 Å². The minimum absolute atomic E-state index is 0.252. The average Bonchev–Trinajstić information content (AvgIpc) is 2.81. The lowest BCUT2D eigenvalue weighted by Gasteiger charge is -2.19. The number of hydrogen-bond donors (Lipinski definition) is 3. The molecule has 0 aliphatic rings. The predicted octanol–water partition coefficient (Wildman–Crippen LogP) is 1.83. The number of amides is 3. The van der Waals surface area contributed by atoms with Crippen molar-refractivity contribution in [1.29, 1.82) is 0 Å². The second kappa shape index (κ2) is 13.0. The Hall–Kier alpha value is -3.39. The van der Waals surface area contributed by atoms with Gasteiger partial charge >= 0.3 is 0 Å². The number of rotatable bonds is 12. The van der Waals surface area contributed by atoms with Crippen molar-refractivity contribution in [3.63, 3.8) is 0 Å². The number of methoxy groups -OCH3 is 1. The van der Waals surface area contributed by atoms with Crippen molar-refractivity contribution >= 4 is 17.7 Å².